The first-order chi connectivity index (χ1) is 9.83. The number of rotatable bonds is 6. The molecule has 1 saturated carbocycles. The van der Waals surface area contributed by atoms with E-state index >= 15 is 0 Å². The van der Waals surface area contributed by atoms with Gasteiger partial charge in [-0.25, -0.2) is 4.98 Å². The maximum absolute atomic E-state index is 5.91. The molecule has 0 saturated heterocycles. The van der Waals surface area contributed by atoms with E-state index in [1.807, 2.05) is 13.0 Å². The normalized spacial score (nSPS) is 16.3. The first-order valence-electron chi connectivity index (χ1n) is 7.20. The first-order valence-corrected chi connectivity index (χ1v) is 8.01. The Morgan fingerprint density at radius 3 is 2.70 bits per heavy atom. The van der Waals surface area contributed by atoms with Crippen molar-refractivity contribution in [3.05, 3.63) is 41.0 Å². The molecular formula is C16H20N2OS. The lowest BCUT2D eigenvalue weighted by atomic mass is 10.1. The van der Waals surface area contributed by atoms with Crippen molar-refractivity contribution in [2.24, 2.45) is 11.7 Å². The number of hydrogen-bond donors (Lipinski definition) is 1. The minimum atomic E-state index is 0.160. The maximum atomic E-state index is 5.91. The maximum Gasteiger partial charge on any atom is 0.123 e. The van der Waals surface area contributed by atoms with Gasteiger partial charge in [0.15, 0.2) is 0 Å². The summed E-state index contributed by atoms with van der Waals surface area (Å²) < 4.78 is 5.91. The highest BCUT2D eigenvalue weighted by molar-refractivity contribution is 7.15. The topological polar surface area (TPSA) is 48.1 Å². The number of nitrogens with two attached hydrogens (primary N) is 1. The number of ether oxygens (including phenoxy) is 1. The van der Waals surface area contributed by atoms with Crippen LogP contribution in [-0.4, -0.2) is 11.6 Å². The summed E-state index contributed by atoms with van der Waals surface area (Å²) in [5.74, 6) is 0.648. The summed E-state index contributed by atoms with van der Waals surface area (Å²) in [5.41, 5.74) is 8.06. The Hall–Kier alpha value is -1.23. The van der Waals surface area contributed by atoms with Crippen LogP contribution in [-0.2, 0) is 11.3 Å². The van der Waals surface area contributed by atoms with Crippen molar-refractivity contribution in [3.8, 4) is 10.4 Å². The van der Waals surface area contributed by atoms with E-state index < -0.39 is 0 Å². The average Bonchev–Trinajstić information content (AvgIpc) is 3.24. The highest BCUT2D eigenvalue weighted by Gasteiger charge is 2.35. The molecule has 0 spiro atoms. The van der Waals surface area contributed by atoms with Crippen molar-refractivity contribution in [2.75, 3.05) is 6.61 Å². The van der Waals surface area contributed by atoms with Crippen molar-refractivity contribution >= 4 is 11.3 Å². The van der Waals surface area contributed by atoms with Gasteiger partial charge in [0.25, 0.3) is 0 Å². The van der Waals surface area contributed by atoms with Crippen LogP contribution in [0.25, 0.3) is 10.4 Å². The highest BCUT2D eigenvalue weighted by atomic mass is 32.1. The number of hydrogen-bond acceptors (Lipinski definition) is 4. The van der Waals surface area contributed by atoms with E-state index in [1.54, 1.807) is 11.3 Å². The second-order valence-corrected chi connectivity index (χ2v) is 6.14. The molecule has 2 aromatic rings. The van der Waals surface area contributed by atoms with Crippen LogP contribution in [0.5, 0.6) is 0 Å². The second-order valence-electron chi connectivity index (χ2n) is 5.11. The summed E-state index contributed by atoms with van der Waals surface area (Å²) >= 11 is 1.74. The van der Waals surface area contributed by atoms with Crippen LogP contribution in [0.2, 0.25) is 0 Å². The molecule has 3 rings (SSSR count). The number of aromatic nitrogens is 1. The van der Waals surface area contributed by atoms with Gasteiger partial charge in [0.2, 0.25) is 0 Å². The van der Waals surface area contributed by atoms with E-state index in [-0.39, 0.29) is 6.10 Å². The van der Waals surface area contributed by atoms with Crippen LogP contribution < -0.4 is 5.73 Å². The zero-order chi connectivity index (χ0) is 13.9. The molecule has 1 atom stereocenters. The third-order valence-electron chi connectivity index (χ3n) is 3.58. The molecule has 0 radical (unpaired) electrons. The summed E-state index contributed by atoms with van der Waals surface area (Å²) in [7, 11) is 0. The summed E-state index contributed by atoms with van der Waals surface area (Å²) in [4.78, 5) is 5.94. The fourth-order valence-electron chi connectivity index (χ4n) is 2.43. The standard InChI is InChI=1S/C16H20N2OS/c1-2-19-14(11-8-9-11)16-18-13(10-17)15(20-16)12-6-4-3-5-7-12/h3-7,11,14H,2,8-10,17H2,1H3. The molecule has 1 unspecified atom stereocenters. The zero-order valence-corrected chi connectivity index (χ0v) is 12.5. The Morgan fingerprint density at radius 2 is 2.10 bits per heavy atom. The zero-order valence-electron chi connectivity index (χ0n) is 11.7. The molecule has 4 heteroatoms. The molecule has 106 valence electrons. The van der Waals surface area contributed by atoms with E-state index in [1.165, 1.54) is 23.3 Å². The SMILES string of the molecule is CCOC(c1nc(CN)c(-c2ccccc2)s1)C1CC1. The molecule has 1 aliphatic rings. The van der Waals surface area contributed by atoms with Gasteiger partial charge in [-0.05, 0) is 31.2 Å². The predicted octanol–water partition coefficient (Wildman–Crippen LogP) is 3.76. The quantitative estimate of drug-likeness (QED) is 0.880. The third-order valence-corrected chi connectivity index (χ3v) is 4.79. The van der Waals surface area contributed by atoms with Crippen molar-refractivity contribution < 1.29 is 4.74 Å². The fourth-order valence-corrected chi connectivity index (χ4v) is 3.68. The van der Waals surface area contributed by atoms with Gasteiger partial charge in [0.05, 0.1) is 10.6 Å². The monoisotopic (exact) mass is 288 g/mol. The molecule has 3 nitrogen and oxygen atoms in total. The van der Waals surface area contributed by atoms with E-state index in [2.05, 4.69) is 24.3 Å². The molecular weight excluding hydrogens is 268 g/mol. The molecule has 1 aromatic carbocycles. The molecule has 2 N–H and O–H groups in total. The summed E-state index contributed by atoms with van der Waals surface area (Å²) in [6, 6.07) is 10.4. The Morgan fingerprint density at radius 1 is 1.35 bits per heavy atom. The van der Waals surface area contributed by atoms with Gasteiger partial charge in [-0.3, -0.25) is 0 Å². The molecule has 1 heterocycles. The van der Waals surface area contributed by atoms with Crippen LogP contribution in [0.15, 0.2) is 30.3 Å². The van der Waals surface area contributed by atoms with Crippen LogP contribution in [0.3, 0.4) is 0 Å². The van der Waals surface area contributed by atoms with Crippen molar-refractivity contribution in [1.29, 1.82) is 0 Å². The first kappa shape index (κ1) is 13.7. The Bertz CT molecular complexity index is 563. The van der Waals surface area contributed by atoms with Gasteiger partial charge >= 0.3 is 0 Å². The molecule has 0 aliphatic heterocycles. The molecule has 1 fully saturated rings. The van der Waals surface area contributed by atoms with Crippen LogP contribution in [0.1, 0.15) is 36.6 Å². The molecule has 20 heavy (non-hydrogen) atoms. The van der Waals surface area contributed by atoms with E-state index in [0.29, 0.717) is 12.5 Å². The summed E-state index contributed by atoms with van der Waals surface area (Å²) in [6.07, 6.45) is 2.67. The van der Waals surface area contributed by atoms with E-state index in [0.717, 1.165) is 17.3 Å². The van der Waals surface area contributed by atoms with Gasteiger partial charge in [-0.15, -0.1) is 11.3 Å². The predicted molar refractivity (Wildman–Crippen MR) is 82.5 cm³/mol. The lowest BCUT2D eigenvalue weighted by molar-refractivity contribution is 0.0461. The second kappa shape index (κ2) is 6.04. The van der Waals surface area contributed by atoms with Crippen LogP contribution in [0, 0.1) is 5.92 Å². The minimum absolute atomic E-state index is 0.160. The number of benzene rings is 1. The van der Waals surface area contributed by atoms with Crippen molar-refractivity contribution in [2.45, 2.75) is 32.4 Å². The minimum Gasteiger partial charge on any atom is -0.371 e. The summed E-state index contributed by atoms with van der Waals surface area (Å²) in [5, 5.41) is 1.09. The van der Waals surface area contributed by atoms with E-state index in [4.69, 9.17) is 15.5 Å². The lowest BCUT2D eigenvalue weighted by Crippen LogP contribution is -2.07. The van der Waals surface area contributed by atoms with Gasteiger partial charge in [-0.2, -0.15) is 0 Å². The van der Waals surface area contributed by atoms with Gasteiger partial charge < -0.3 is 10.5 Å². The molecule has 1 aromatic heterocycles. The smallest absolute Gasteiger partial charge is 0.123 e. The summed E-state index contributed by atoms with van der Waals surface area (Å²) in [6.45, 7) is 3.26. The Labute approximate surface area is 123 Å². The molecule has 0 amide bonds. The number of thiazole rings is 1. The Balaban J connectivity index is 1.95. The van der Waals surface area contributed by atoms with Crippen molar-refractivity contribution in [1.82, 2.24) is 4.98 Å². The third kappa shape index (κ3) is 2.77. The van der Waals surface area contributed by atoms with Crippen molar-refractivity contribution in [3.63, 3.8) is 0 Å². The molecule has 1 aliphatic carbocycles. The van der Waals surface area contributed by atoms with E-state index in [9.17, 15) is 0 Å². The Kier molecular flexibility index (Phi) is 4.15. The average molecular weight is 288 g/mol. The fraction of sp³-hybridized carbons (Fsp3) is 0.438. The van der Waals surface area contributed by atoms with Crippen LogP contribution >= 0.6 is 11.3 Å². The van der Waals surface area contributed by atoms with Gasteiger partial charge in [-0.1, -0.05) is 30.3 Å². The lowest BCUT2D eigenvalue weighted by Gasteiger charge is -2.12. The van der Waals surface area contributed by atoms with Gasteiger partial charge in [0.1, 0.15) is 11.1 Å². The molecule has 0 bridgehead atoms. The van der Waals surface area contributed by atoms with Crippen LogP contribution in [0.4, 0.5) is 0 Å². The number of nitrogens with zero attached hydrogens (tertiary/aromatic N) is 1. The highest BCUT2D eigenvalue weighted by Crippen LogP contribution is 2.46. The van der Waals surface area contributed by atoms with Gasteiger partial charge in [0, 0.05) is 13.2 Å². The largest absolute Gasteiger partial charge is 0.371 e.